The minimum atomic E-state index is -4.79. The summed E-state index contributed by atoms with van der Waals surface area (Å²) in [6.07, 6.45) is -2.65. The number of carbonyl (C=O) groups is 1. The molecule has 3 rings (SSSR count). The molecule has 1 aliphatic carbocycles. The van der Waals surface area contributed by atoms with Crippen LogP contribution in [0, 0.1) is 11.3 Å². The van der Waals surface area contributed by atoms with Gasteiger partial charge in [-0.2, -0.15) is 18.4 Å². The van der Waals surface area contributed by atoms with Gasteiger partial charge in [-0.1, -0.05) is 30.3 Å². The Balaban J connectivity index is 1.88. The number of amides is 1. The summed E-state index contributed by atoms with van der Waals surface area (Å²) < 4.78 is 68.4. The lowest BCUT2D eigenvalue weighted by Gasteiger charge is -2.28. The van der Waals surface area contributed by atoms with E-state index in [0.29, 0.717) is 18.4 Å². The zero-order valence-electron chi connectivity index (χ0n) is 17.3. The van der Waals surface area contributed by atoms with Crippen molar-refractivity contribution in [3.63, 3.8) is 0 Å². The van der Waals surface area contributed by atoms with Gasteiger partial charge in [0.05, 0.1) is 17.6 Å². The Morgan fingerprint density at radius 1 is 1.22 bits per heavy atom. The van der Waals surface area contributed by atoms with E-state index >= 15 is 0 Å². The molecule has 1 aliphatic rings. The Morgan fingerprint density at radius 2 is 1.88 bits per heavy atom. The second-order valence-electron chi connectivity index (χ2n) is 7.96. The predicted octanol–water partition coefficient (Wildman–Crippen LogP) is 2.37. The molecule has 1 heterocycles. The molecule has 2 aromatic rings. The van der Waals surface area contributed by atoms with E-state index in [2.05, 4.69) is 10.6 Å². The lowest BCUT2D eigenvalue weighted by Crippen LogP contribution is -2.54. The minimum absolute atomic E-state index is 0.169. The smallest absolute Gasteiger partial charge is 0.353 e. The average Bonchev–Trinajstić information content (AvgIpc) is 3.36. The number of hydrogen-bond donors (Lipinski definition) is 2. The standard InChI is InChI=1S/C21H23F3N4O3S/c1-28-11-5-8-17(28)18(21(22,23)24)26-16(19(29)27-20(14-25)9-10-20)13-32(30,31)12-15-6-3-2-4-7-15/h2-8,11,16,18,26H,9-10,12-13H2,1H3,(H,27,29)/t16-,18-/m0/s1. The molecule has 32 heavy (non-hydrogen) atoms. The molecule has 1 fully saturated rings. The molecule has 1 amide bonds. The Hall–Kier alpha value is -2.84. The van der Waals surface area contributed by atoms with E-state index in [-0.39, 0.29) is 5.69 Å². The van der Waals surface area contributed by atoms with Crippen LogP contribution in [-0.2, 0) is 27.4 Å². The van der Waals surface area contributed by atoms with Crippen molar-refractivity contribution in [1.29, 1.82) is 5.26 Å². The van der Waals surface area contributed by atoms with Gasteiger partial charge in [-0.05, 0) is 30.5 Å². The quantitative estimate of drug-likeness (QED) is 0.588. The molecule has 172 valence electrons. The first-order valence-corrected chi connectivity index (χ1v) is 11.7. The van der Waals surface area contributed by atoms with Crippen molar-refractivity contribution in [3.05, 3.63) is 59.9 Å². The number of hydrogen-bond acceptors (Lipinski definition) is 5. The summed E-state index contributed by atoms with van der Waals surface area (Å²) in [4.78, 5) is 12.8. The van der Waals surface area contributed by atoms with Gasteiger partial charge in [0.15, 0.2) is 9.84 Å². The van der Waals surface area contributed by atoms with Crippen LogP contribution in [0.5, 0.6) is 0 Å². The fourth-order valence-electron chi connectivity index (χ4n) is 3.38. The monoisotopic (exact) mass is 468 g/mol. The highest BCUT2D eigenvalue weighted by molar-refractivity contribution is 7.90. The van der Waals surface area contributed by atoms with Gasteiger partial charge in [-0.3, -0.25) is 10.1 Å². The van der Waals surface area contributed by atoms with Gasteiger partial charge in [0.25, 0.3) is 0 Å². The first-order chi connectivity index (χ1) is 14.9. The van der Waals surface area contributed by atoms with Crippen LogP contribution < -0.4 is 10.6 Å². The molecule has 0 spiro atoms. The molecule has 0 unspecified atom stereocenters. The molecule has 0 aliphatic heterocycles. The van der Waals surface area contributed by atoms with Gasteiger partial charge in [0, 0.05) is 18.9 Å². The van der Waals surface area contributed by atoms with Crippen LogP contribution in [0.2, 0.25) is 0 Å². The maximum absolute atomic E-state index is 13.9. The predicted molar refractivity (Wildman–Crippen MR) is 111 cm³/mol. The minimum Gasteiger partial charge on any atom is -0.353 e. The third-order valence-corrected chi connectivity index (χ3v) is 6.88. The van der Waals surface area contributed by atoms with Gasteiger partial charge >= 0.3 is 6.18 Å². The second-order valence-corrected chi connectivity index (χ2v) is 10.1. The fraction of sp³-hybridized carbons (Fsp3) is 0.429. The number of nitrogens with one attached hydrogen (secondary N) is 2. The third-order valence-electron chi connectivity index (χ3n) is 5.27. The van der Waals surface area contributed by atoms with Gasteiger partial charge in [0.1, 0.15) is 17.6 Å². The number of benzene rings is 1. The normalized spacial score (nSPS) is 17.2. The van der Waals surface area contributed by atoms with Crippen molar-refractivity contribution in [3.8, 4) is 6.07 Å². The Morgan fingerprint density at radius 3 is 2.38 bits per heavy atom. The van der Waals surface area contributed by atoms with Crippen LogP contribution in [-0.4, -0.2) is 42.4 Å². The molecule has 2 N–H and O–H groups in total. The average molecular weight is 469 g/mol. The largest absolute Gasteiger partial charge is 0.409 e. The van der Waals surface area contributed by atoms with Gasteiger partial charge in [-0.25, -0.2) is 8.42 Å². The van der Waals surface area contributed by atoms with Crippen LogP contribution in [0.25, 0.3) is 0 Å². The molecule has 2 atom stereocenters. The first kappa shape index (κ1) is 23.8. The Labute approximate surface area is 184 Å². The van der Waals surface area contributed by atoms with Crippen molar-refractivity contribution in [2.75, 3.05) is 5.75 Å². The number of nitrogens with zero attached hydrogens (tertiary/aromatic N) is 2. The van der Waals surface area contributed by atoms with Crippen LogP contribution in [0.1, 0.15) is 30.1 Å². The summed E-state index contributed by atoms with van der Waals surface area (Å²) in [5.41, 5.74) is -0.867. The molecule has 1 aromatic heterocycles. The number of nitriles is 1. The number of aromatic nitrogens is 1. The first-order valence-electron chi connectivity index (χ1n) is 9.86. The summed E-state index contributed by atoms with van der Waals surface area (Å²) in [5.74, 6) is -2.24. The van der Waals surface area contributed by atoms with E-state index in [9.17, 15) is 31.6 Å². The molecule has 0 bridgehead atoms. The lowest BCUT2D eigenvalue weighted by molar-refractivity contribution is -0.161. The Kier molecular flexibility index (Phi) is 6.67. The van der Waals surface area contributed by atoms with Crippen molar-refractivity contribution in [1.82, 2.24) is 15.2 Å². The number of carbonyl (C=O) groups excluding carboxylic acids is 1. The summed E-state index contributed by atoms with van der Waals surface area (Å²) in [6, 6.07) is 8.77. The molecule has 0 radical (unpaired) electrons. The van der Waals surface area contributed by atoms with Crippen molar-refractivity contribution in [2.45, 2.75) is 42.4 Å². The van der Waals surface area contributed by atoms with E-state index in [1.54, 1.807) is 30.3 Å². The van der Waals surface area contributed by atoms with Crippen LogP contribution in [0.3, 0.4) is 0 Å². The maximum Gasteiger partial charge on any atom is 0.409 e. The number of rotatable bonds is 9. The summed E-state index contributed by atoms with van der Waals surface area (Å²) in [6.45, 7) is 0. The zero-order valence-corrected chi connectivity index (χ0v) is 18.1. The molecule has 7 nitrogen and oxygen atoms in total. The van der Waals surface area contributed by atoms with Crippen LogP contribution in [0.15, 0.2) is 48.7 Å². The summed E-state index contributed by atoms with van der Waals surface area (Å²) in [7, 11) is -2.55. The van der Waals surface area contributed by atoms with Crippen LogP contribution in [0.4, 0.5) is 13.2 Å². The van der Waals surface area contributed by atoms with Crippen molar-refractivity contribution in [2.24, 2.45) is 7.05 Å². The number of aryl methyl sites for hydroxylation is 1. The number of sulfone groups is 1. The number of halogens is 3. The highest BCUT2D eigenvalue weighted by atomic mass is 32.2. The molecular formula is C21H23F3N4O3S. The molecule has 1 saturated carbocycles. The third kappa shape index (κ3) is 5.89. The molecule has 0 saturated heterocycles. The highest BCUT2D eigenvalue weighted by Gasteiger charge is 2.48. The topological polar surface area (TPSA) is 104 Å². The maximum atomic E-state index is 13.9. The molecule has 1 aromatic carbocycles. The van der Waals surface area contributed by atoms with Gasteiger partial charge in [-0.15, -0.1) is 0 Å². The van der Waals surface area contributed by atoms with E-state index in [0.717, 1.165) is 0 Å². The SMILES string of the molecule is Cn1cccc1[C@H](N[C@@H](CS(=O)(=O)Cc1ccccc1)C(=O)NC1(C#N)CC1)C(F)(F)F. The molecule has 11 heteroatoms. The summed E-state index contributed by atoms with van der Waals surface area (Å²) in [5, 5.41) is 13.9. The van der Waals surface area contributed by atoms with E-state index in [1.165, 1.54) is 29.9 Å². The molecular weight excluding hydrogens is 445 g/mol. The Bertz CT molecular complexity index is 1100. The van der Waals surface area contributed by atoms with Gasteiger partial charge < -0.3 is 9.88 Å². The van der Waals surface area contributed by atoms with Crippen LogP contribution >= 0.6 is 0 Å². The second kappa shape index (κ2) is 8.96. The lowest BCUT2D eigenvalue weighted by atomic mass is 10.1. The fourth-order valence-corrected chi connectivity index (χ4v) is 4.95. The number of alkyl halides is 3. The van der Waals surface area contributed by atoms with E-state index in [4.69, 9.17) is 0 Å². The summed E-state index contributed by atoms with van der Waals surface area (Å²) >= 11 is 0. The zero-order chi connectivity index (χ0) is 23.6. The highest BCUT2D eigenvalue weighted by Crippen LogP contribution is 2.35. The van der Waals surface area contributed by atoms with Crippen molar-refractivity contribution >= 4 is 15.7 Å². The van der Waals surface area contributed by atoms with E-state index < -0.39 is 51.0 Å². The van der Waals surface area contributed by atoms with Gasteiger partial charge in [0.2, 0.25) is 5.91 Å². The van der Waals surface area contributed by atoms with E-state index in [1.807, 2.05) is 6.07 Å². The van der Waals surface area contributed by atoms with Crippen molar-refractivity contribution < 1.29 is 26.4 Å².